The molecule has 0 radical (unpaired) electrons. The molecular formula is C14H15N3O3. The highest BCUT2D eigenvalue weighted by atomic mass is 16.5. The monoisotopic (exact) mass is 273 g/mol. The van der Waals surface area contributed by atoms with E-state index in [0.717, 1.165) is 0 Å². The predicted octanol–water partition coefficient (Wildman–Crippen LogP) is 1.38. The number of hydrogen-bond donors (Lipinski definition) is 3. The number of aromatic nitrogens is 1. The summed E-state index contributed by atoms with van der Waals surface area (Å²) in [6, 6.07) is 8.34. The van der Waals surface area contributed by atoms with Crippen LogP contribution in [-0.2, 0) is 0 Å². The zero-order valence-corrected chi connectivity index (χ0v) is 10.7. The van der Waals surface area contributed by atoms with Gasteiger partial charge in [-0.1, -0.05) is 0 Å². The van der Waals surface area contributed by atoms with Crippen molar-refractivity contribution >= 4 is 11.6 Å². The van der Waals surface area contributed by atoms with Crippen LogP contribution in [0.3, 0.4) is 0 Å². The van der Waals surface area contributed by atoms with Gasteiger partial charge in [-0.15, -0.1) is 0 Å². The van der Waals surface area contributed by atoms with Gasteiger partial charge in [-0.3, -0.25) is 9.78 Å². The van der Waals surface area contributed by atoms with E-state index in [-0.39, 0.29) is 11.3 Å². The summed E-state index contributed by atoms with van der Waals surface area (Å²) in [4.78, 5) is 15.7. The molecule has 1 amide bonds. The number of nitrogens with two attached hydrogens (primary N) is 1. The first-order valence-electron chi connectivity index (χ1n) is 6.08. The zero-order valence-electron chi connectivity index (χ0n) is 10.7. The number of nitrogens with zero attached hydrogens (tertiary/aromatic N) is 1. The van der Waals surface area contributed by atoms with Crippen molar-refractivity contribution in [1.29, 1.82) is 0 Å². The zero-order chi connectivity index (χ0) is 14.4. The minimum absolute atomic E-state index is 0.159. The summed E-state index contributed by atoms with van der Waals surface area (Å²) in [5, 5.41) is 12.2. The molecule has 6 nitrogen and oxygen atoms in total. The van der Waals surface area contributed by atoms with Crippen molar-refractivity contribution in [2.75, 3.05) is 18.5 Å². The highest BCUT2D eigenvalue weighted by Gasteiger charge is 2.10. The molecule has 0 aliphatic heterocycles. The van der Waals surface area contributed by atoms with E-state index in [1.54, 1.807) is 24.3 Å². The van der Waals surface area contributed by atoms with Gasteiger partial charge in [0.05, 0.1) is 11.8 Å². The quantitative estimate of drug-likeness (QED) is 0.764. The maximum atomic E-state index is 11.9. The smallest absolute Gasteiger partial charge is 0.259 e. The van der Waals surface area contributed by atoms with Gasteiger partial charge in [0.1, 0.15) is 18.1 Å². The molecule has 4 N–H and O–H groups in total. The van der Waals surface area contributed by atoms with E-state index < -0.39 is 5.91 Å². The van der Waals surface area contributed by atoms with E-state index in [4.69, 9.17) is 10.5 Å². The molecule has 0 unspecified atom stereocenters. The third-order valence-electron chi connectivity index (χ3n) is 2.54. The molecule has 0 spiro atoms. The molecule has 0 saturated heterocycles. The molecule has 0 aliphatic rings. The van der Waals surface area contributed by atoms with E-state index in [2.05, 4.69) is 10.3 Å². The summed E-state index contributed by atoms with van der Waals surface area (Å²) in [7, 11) is 0. The molecule has 20 heavy (non-hydrogen) atoms. The fourth-order valence-corrected chi connectivity index (χ4v) is 1.59. The molecule has 0 atom stereocenters. The van der Waals surface area contributed by atoms with E-state index in [0.29, 0.717) is 24.6 Å². The van der Waals surface area contributed by atoms with Crippen LogP contribution in [0.4, 0.5) is 5.69 Å². The largest absolute Gasteiger partial charge is 0.505 e. The Hall–Kier alpha value is -2.60. The van der Waals surface area contributed by atoms with Crippen molar-refractivity contribution in [1.82, 2.24) is 4.98 Å². The average Bonchev–Trinajstić information content (AvgIpc) is 2.47. The molecule has 1 aromatic carbocycles. The molecule has 0 aliphatic carbocycles. The SMILES string of the molecule is NCCOc1ccc(NC(=O)c2ccncc2O)cc1. The van der Waals surface area contributed by atoms with E-state index in [9.17, 15) is 9.90 Å². The van der Waals surface area contributed by atoms with Gasteiger partial charge in [0.25, 0.3) is 5.91 Å². The van der Waals surface area contributed by atoms with Crippen molar-refractivity contribution in [2.24, 2.45) is 5.73 Å². The number of nitrogens with one attached hydrogen (secondary N) is 1. The number of ether oxygens (including phenoxy) is 1. The number of hydrogen-bond acceptors (Lipinski definition) is 5. The Bertz CT molecular complexity index is 584. The number of aromatic hydroxyl groups is 1. The fourth-order valence-electron chi connectivity index (χ4n) is 1.59. The Morgan fingerprint density at radius 2 is 2.05 bits per heavy atom. The minimum atomic E-state index is -0.402. The Kier molecular flexibility index (Phi) is 4.52. The van der Waals surface area contributed by atoms with Crippen LogP contribution in [0.5, 0.6) is 11.5 Å². The summed E-state index contributed by atoms with van der Waals surface area (Å²) in [5.41, 5.74) is 6.11. The maximum Gasteiger partial charge on any atom is 0.259 e. The van der Waals surface area contributed by atoms with Crippen LogP contribution in [-0.4, -0.2) is 29.1 Å². The second-order valence-electron chi connectivity index (χ2n) is 4.01. The molecule has 0 saturated carbocycles. The van der Waals surface area contributed by atoms with Gasteiger partial charge in [-0.25, -0.2) is 0 Å². The van der Waals surface area contributed by atoms with Gasteiger partial charge in [-0.2, -0.15) is 0 Å². The second-order valence-corrected chi connectivity index (χ2v) is 4.01. The number of amides is 1. The standard InChI is InChI=1S/C14H15N3O3/c15-6-8-20-11-3-1-10(2-4-11)17-14(19)12-5-7-16-9-13(12)18/h1-5,7,9,18H,6,8,15H2,(H,17,19). The Morgan fingerprint density at radius 1 is 1.30 bits per heavy atom. The molecule has 2 aromatic rings. The molecular weight excluding hydrogens is 258 g/mol. The van der Waals surface area contributed by atoms with E-state index in [1.807, 2.05) is 0 Å². The number of benzene rings is 1. The number of pyridine rings is 1. The van der Waals surface area contributed by atoms with Gasteiger partial charge < -0.3 is 20.9 Å². The van der Waals surface area contributed by atoms with Gasteiger partial charge in [0, 0.05) is 18.4 Å². The van der Waals surface area contributed by atoms with Crippen LogP contribution in [0.2, 0.25) is 0 Å². The number of carbonyl (C=O) groups is 1. The van der Waals surface area contributed by atoms with Crippen molar-refractivity contribution < 1.29 is 14.6 Å². The third-order valence-corrected chi connectivity index (χ3v) is 2.54. The van der Waals surface area contributed by atoms with Crippen LogP contribution in [0, 0.1) is 0 Å². The topological polar surface area (TPSA) is 97.5 Å². The molecule has 0 bridgehead atoms. The molecule has 6 heteroatoms. The maximum absolute atomic E-state index is 11.9. The summed E-state index contributed by atoms with van der Waals surface area (Å²) in [5.74, 6) is 0.119. The van der Waals surface area contributed by atoms with Crippen LogP contribution in [0.1, 0.15) is 10.4 Å². The number of carbonyl (C=O) groups excluding carboxylic acids is 1. The lowest BCUT2D eigenvalue weighted by Gasteiger charge is -2.08. The van der Waals surface area contributed by atoms with Gasteiger partial charge in [0.15, 0.2) is 0 Å². The Balaban J connectivity index is 2.03. The second kappa shape index (κ2) is 6.53. The highest BCUT2D eigenvalue weighted by molar-refractivity contribution is 6.05. The number of anilines is 1. The fraction of sp³-hybridized carbons (Fsp3) is 0.143. The van der Waals surface area contributed by atoms with Crippen molar-refractivity contribution in [3.63, 3.8) is 0 Å². The van der Waals surface area contributed by atoms with Gasteiger partial charge in [-0.05, 0) is 30.3 Å². The number of rotatable bonds is 5. The van der Waals surface area contributed by atoms with Crippen molar-refractivity contribution in [2.45, 2.75) is 0 Å². The van der Waals surface area contributed by atoms with E-state index in [1.165, 1.54) is 18.5 Å². The van der Waals surface area contributed by atoms with Crippen LogP contribution >= 0.6 is 0 Å². The first-order chi connectivity index (χ1) is 9.70. The molecule has 1 heterocycles. The molecule has 104 valence electrons. The lowest BCUT2D eigenvalue weighted by atomic mass is 10.2. The van der Waals surface area contributed by atoms with Gasteiger partial charge in [0.2, 0.25) is 0 Å². The summed E-state index contributed by atoms with van der Waals surface area (Å²) in [6.45, 7) is 0.885. The lowest BCUT2D eigenvalue weighted by Crippen LogP contribution is -2.12. The van der Waals surface area contributed by atoms with Gasteiger partial charge >= 0.3 is 0 Å². The summed E-state index contributed by atoms with van der Waals surface area (Å²) < 4.78 is 5.33. The Labute approximate surface area is 116 Å². The third kappa shape index (κ3) is 3.46. The first kappa shape index (κ1) is 13.8. The predicted molar refractivity (Wildman–Crippen MR) is 74.8 cm³/mol. The minimum Gasteiger partial charge on any atom is -0.505 e. The van der Waals surface area contributed by atoms with Crippen LogP contribution < -0.4 is 15.8 Å². The lowest BCUT2D eigenvalue weighted by molar-refractivity contribution is 0.102. The van der Waals surface area contributed by atoms with Crippen LogP contribution in [0.15, 0.2) is 42.7 Å². The van der Waals surface area contributed by atoms with Crippen molar-refractivity contribution in [3.05, 3.63) is 48.3 Å². The molecule has 0 fully saturated rings. The normalized spacial score (nSPS) is 10.1. The van der Waals surface area contributed by atoms with Crippen molar-refractivity contribution in [3.8, 4) is 11.5 Å². The average molecular weight is 273 g/mol. The highest BCUT2D eigenvalue weighted by Crippen LogP contribution is 2.19. The molecule has 2 rings (SSSR count). The van der Waals surface area contributed by atoms with Crippen LogP contribution in [0.25, 0.3) is 0 Å². The first-order valence-corrected chi connectivity index (χ1v) is 6.08. The summed E-state index contributed by atoms with van der Waals surface area (Å²) in [6.07, 6.45) is 2.66. The Morgan fingerprint density at radius 3 is 2.70 bits per heavy atom. The van der Waals surface area contributed by atoms with E-state index >= 15 is 0 Å². The summed E-state index contributed by atoms with van der Waals surface area (Å²) >= 11 is 0. The molecule has 1 aromatic heterocycles.